The van der Waals surface area contributed by atoms with Gasteiger partial charge in [0.2, 0.25) is 0 Å². The van der Waals surface area contributed by atoms with Gasteiger partial charge < -0.3 is 5.32 Å². The summed E-state index contributed by atoms with van der Waals surface area (Å²) in [7, 11) is -3.73. The van der Waals surface area contributed by atoms with Crippen molar-refractivity contribution in [3.05, 3.63) is 115 Å². The van der Waals surface area contributed by atoms with Gasteiger partial charge in [-0.15, -0.1) is 0 Å². The fraction of sp³-hybridized carbons (Fsp3) is 0.0938. The lowest BCUT2D eigenvalue weighted by atomic mass is 10.0. The van der Waals surface area contributed by atoms with E-state index in [0.29, 0.717) is 41.3 Å². The zero-order valence-corrected chi connectivity index (χ0v) is 22.4. The van der Waals surface area contributed by atoms with E-state index < -0.39 is 10.0 Å². The number of carbonyl (C=O) groups excluding carboxylic acids is 1. The number of carbonyl (C=O) groups is 1. The molecule has 6 rings (SSSR count). The molecule has 5 aromatic rings. The van der Waals surface area contributed by atoms with Gasteiger partial charge in [0.05, 0.1) is 21.7 Å². The molecule has 40 heavy (non-hydrogen) atoms. The largest absolute Gasteiger partial charge is 0.322 e. The Morgan fingerprint density at radius 3 is 2.15 bits per heavy atom. The Bertz CT molecular complexity index is 1830. The summed E-state index contributed by atoms with van der Waals surface area (Å²) in [5.41, 5.74) is 5.48. The van der Waals surface area contributed by atoms with Gasteiger partial charge in [0.25, 0.3) is 15.9 Å². The van der Waals surface area contributed by atoms with Crippen molar-refractivity contribution < 1.29 is 13.2 Å². The maximum atomic E-state index is 13.5. The predicted octanol–water partition coefficient (Wildman–Crippen LogP) is 6.29. The van der Waals surface area contributed by atoms with Crippen LogP contribution in [-0.4, -0.2) is 31.7 Å². The molecular weight excluding hydrogens is 520 g/mol. The van der Waals surface area contributed by atoms with Gasteiger partial charge in [-0.05, 0) is 53.9 Å². The molecule has 0 atom stereocenters. The summed E-state index contributed by atoms with van der Waals surface area (Å²) in [6, 6.07) is 33.6. The molecule has 4 aromatic carbocycles. The first-order chi connectivity index (χ1) is 19.5. The monoisotopic (exact) mass is 546 g/mol. The Balaban J connectivity index is 1.26. The number of rotatable bonds is 6. The van der Waals surface area contributed by atoms with Crippen LogP contribution in [0.2, 0.25) is 0 Å². The zero-order valence-electron chi connectivity index (χ0n) is 21.5. The molecule has 8 heteroatoms. The average molecular weight is 547 g/mol. The lowest BCUT2D eigenvalue weighted by Gasteiger charge is -2.12. The molecule has 0 bridgehead atoms. The van der Waals surface area contributed by atoms with Gasteiger partial charge in [-0.3, -0.25) is 14.5 Å². The highest BCUT2D eigenvalue weighted by molar-refractivity contribution is 7.90. The first-order valence-electron chi connectivity index (χ1n) is 13.0. The Labute approximate surface area is 232 Å². The van der Waals surface area contributed by atoms with Crippen LogP contribution in [0.5, 0.6) is 0 Å². The fourth-order valence-electron chi connectivity index (χ4n) is 4.73. The van der Waals surface area contributed by atoms with E-state index in [9.17, 15) is 13.2 Å². The van der Waals surface area contributed by atoms with Crippen molar-refractivity contribution in [2.24, 2.45) is 4.99 Å². The number of para-hydroxylation sites is 1. The molecule has 0 saturated carbocycles. The Morgan fingerprint density at radius 2 is 1.43 bits per heavy atom. The number of fused-ring (bicyclic) bond motifs is 1. The molecule has 0 radical (unpaired) electrons. The van der Waals surface area contributed by atoms with Crippen molar-refractivity contribution in [2.75, 3.05) is 11.9 Å². The van der Waals surface area contributed by atoms with Crippen LogP contribution >= 0.6 is 0 Å². The summed E-state index contributed by atoms with van der Waals surface area (Å²) in [6.07, 6.45) is 1.46. The molecule has 0 unspecified atom stereocenters. The average Bonchev–Trinajstić information content (AvgIpc) is 3.50. The summed E-state index contributed by atoms with van der Waals surface area (Å²) in [5.74, 6) is 0.169. The number of amides is 1. The minimum absolute atomic E-state index is 0.107. The summed E-state index contributed by atoms with van der Waals surface area (Å²) in [6.45, 7) is 0.632. The number of hydrogen-bond acceptors (Lipinski definition) is 5. The van der Waals surface area contributed by atoms with Crippen LogP contribution in [0.4, 0.5) is 5.69 Å². The number of benzene rings is 4. The molecule has 1 aromatic heterocycles. The van der Waals surface area contributed by atoms with Crippen LogP contribution in [0.15, 0.2) is 119 Å². The molecule has 2 heterocycles. The molecule has 0 fully saturated rings. The highest BCUT2D eigenvalue weighted by Gasteiger charge is 2.19. The number of sulfonamides is 1. The maximum Gasteiger partial charge on any atom is 0.262 e. The van der Waals surface area contributed by atoms with E-state index >= 15 is 0 Å². The first kappa shape index (κ1) is 25.5. The fourth-order valence-corrected chi connectivity index (χ4v) is 5.82. The smallest absolute Gasteiger partial charge is 0.262 e. The van der Waals surface area contributed by atoms with Crippen LogP contribution in [0, 0.1) is 0 Å². The van der Waals surface area contributed by atoms with E-state index in [-0.39, 0.29) is 10.8 Å². The van der Waals surface area contributed by atoms with Gasteiger partial charge in [-0.25, -0.2) is 13.4 Å². The third-order valence-electron chi connectivity index (χ3n) is 6.80. The number of hydrogen-bond donors (Lipinski definition) is 2. The lowest BCUT2D eigenvalue weighted by molar-refractivity contribution is 0.102. The quantitative estimate of drug-likeness (QED) is 0.261. The number of nitrogens with one attached hydrogen (secondary N) is 2. The van der Waals surface area contributed by atoms with Crippen molar-refractivity contribution in [1.82, 2.24) is 9.71 Å². The van der Waals surface area contributed by atoms with E-state index in [4.69, 9.17) is 4.98 Å². The van der Waals surface area contributed by atoms with Gasteiger partial charge in [0.1, 0.15) is 5.84 Å². The number of nitrogens with zero attached hydrogens (tertiary/aromatic N) is 2. The van der Waals surface area contributed by atoms with Gasteiger partial charge in [-0.1, -0.05) is 72.8 Å². The van der Waals surface area contributed by atoms with Crippen LogP contribution in [0.1, 0.15) is 23.2 Å². The molecule has 0 saturated heterocycles. The minimum atomic E-state index is -3.73. The third-order valence-corrected chi connectivity index (χ3v) is 8.19. The molecule has 1 aliphatic heterocycles. The lowest BCUT2D eigenvalue weighted by Crippen LogP contribution is -2.29. The zero-order chi connectivity index (χ0) is 27.5. The Morgan fingerprint density at radius 1 is 0.750 bits per heavy atom. The SMILES string of the molecule is O=C(Nc1ccc(S(=O)(=O)NC2=NCCC2)cc1)c1cc(-c2ccc(-c3ccccc3)cc2)nc2ccccc12. The second kappa shape index (κ2) is 10.7. The van der Waals surface area contributed by atoms with E-state index in [1.54, 1.807) is 18.2 Å². The van der Waals surface area contributed by atoms with Gasteiger partial charge in [0.15, 0.2) is 0 Å². The molecule has 0 aliphatic carbocycles. The van der Waals surface area contributed by atoms with Crippen LogP contribution in [0.25, 0.3) is 33.3 Å². The van der Waals surface area contributed by atoms with Crippen molar-refractivity contribution in [3.63, 3.8) is 0 Å². The van der Waals surface area contributed by atoms with Crippen LogP contribution in [0.3, 0.4) is 0 Å². The maximum absolute atomic E-state index is 13.5. The molecule has 1 aliphatic rings. The highest BCUT2D eigenvalue weighted by Crippen LogP contribution is 2.28. The topological polar surface area (TPSA) is 101 Å². The number of anilines is 1. The number of aromatic nitrogens is 1. The summed E-state index contributed by atoms with van der Waals surface area (Å²) in [4.78, 5) is 22.6. The van der Waals surface area contributed by atoms with Gasteiger partial charge >= 0.3 is 0 Å². The molecule has 2 N–H and O–H groups in total. The molecular formula is C32H26N4O3S. The molecule has 7 nitrogen and oxygen atoms in total. The van der Waals surface area contributed by atoms with E-state index in [1.165, 1.54) is 12.1 Å². The van der Waals surface area contributed by atoms with Crippen molar-refractivity contribution in [2.45, 2.75) is 17.7 Å². The Kier molecular flexibility index (Phi) is 6.84. The molecule has 0 spiro atoms. The normalized spacial score (nSPS) is 13.2. The van der Waals surface area contributed by atoms with E-state index in [2.05, 4.69) is 27.2 Å². The van der Waals surface area contributed by atoms with Crippen molar-refractivity contribution >= 4 is 38.4 Å². The summed E-state index contributed by atoms with van der Waals surface area (Å²) >= 11 is 0. The van der Waals surface area contributed by atoms with Gasteiger partial charge in [-0.2, -0.15) is 0 Å². The summed E-state index contributed by atoms with van der Waals surface area (Å²) in [5, 5.41) is 3.63. The number of aliphatic imine (C=N–C) groups is 1. The molecule has 1 amide bonds. The van der Waals surface area contributed by atoms with Crippen LogP contribution in [-0.2, 0) is 10.0 Å². The molecule has 198 valence electrons. The minimum Gasteiger partial charge on any atom is -0.322 e. The second-order valence-corrected chi connectivity index (χ2v) is 11.2. The van der Waals surface area contributed by atoms with Crippen LogP contribution < -0.4 is 10.0 Å². The Hall–Kier alpha value is -4.82. The van der Waals surface area contributed by atoms with Crippen molar-refractivity contribution in [1.29, 1.82) is 0 Å². The second-order valence-electron chi connectivity index (χ2n) is 9.53. The van der Waals surface area contributed by atoms with Crippen molar-refractivity contribution in [3.8, 4) is 22.4 Å². The summed E-state index contributed by atoms with van der Waals surface area (Å²) < 4.78 is 27.9. The first-order valence-corrected chi connectivity index (χ1v) is 14.5. The standard InChI is InChI=1S/C32H26N4O3S/c37-32(34-25-16-18-26(19-17-25)40(38,39)36-31-11-6-20-33-31)28-21-30(35-29-10-5-4-9-27(28)29)24-14-12-23(13-15-24)22-7-2-1-3-8-22/h1-5,7-10,12-19,21H,6,11,20H2,(H,33,36)(H,34,37). The number of pyridine rings is 1. The number of amidine groups is 1. The predicted molar refractivity (Wildman–Crippen MR) is 159 cm³/mol. The highest BCUT2D eigenvalue weighted by atomic mass is 32.2. The van der Waals surface area contributed by atoms with E-state index in [0.717, 1.165) is 28.5 Å². The van der Waals surface area contributed by atoms with E-state index in [1.807, 2.05) is 66.7 Å². The third kappa shape index (κ3) is 5.34. The van der Waals surface area contributed by atoms with Gasteiger partial charge in [0, 0.05) is 29.6 Å².